The second-order valence-electron chi connectivity index (χ2n) is 2.85. The van der Waals surface area contributed by atoms with Crippen molar-refractivity contribution in [1.29, 1.82) is 0 Å². The molecule has 0 bridgehead atoms. The first kappa shape index (κ1) is 9.07. The lowest BCUT2D eigenvalue weighted by Gasteiger charge is -2.08. The number of methoxy groups -OCH3 is 1. The molecule has 1 N–H and O–H groups in total. The van der Waals surface area contributed by atoms with Crippen LogP contribution in [0.5, 0.6) is 5.75 Å². The Hall–Kier alpha value is -1.02. The average molecular weight is 165 g/mol. The van der Waals surface area contributed by atoms with E-state index in [-0.39, 0.29) is 0 Å². The molecule has 0 unspecified atom stereocenters. The number of hydrogen-bond donors (Lipinski definition) is 1. The van der Waals surface area contributed by atoms with Gasteiger partial charge in [-0.3, -0.25) is 0 Å². The Morgan fingerprint density at radius 3 is 2.75 bits per heavy atom. The van der Waals surface area contributed by atoms with Crippen LogP contribution in [0.2, 0.25) is 0 Å². The van der Waals surface area contributed by atoms with E-state index >= 15 is 0 Å². The minimum atomic E-state index is 0.852. The molecule has 0 fully saturated rings. The van der Waals surface area contributed by atoms with Crippen molar-refractivity contribution in [3.05, 3.63) is 29.3 Å². The van der Waals surface area contributed by atoms with Gasteiger partial charge in [0.05, 0.1) is 7.11 Å². The molecule has 66 valence electrons. The van der Waals surface area contributed by atoms with E-state index in [1.54, 1.807) is 7.11 Å². The smallest absolute Gasteiger partial charge is 0.123 e. The van der Waals surface area contributed by atoms with Crippen LogP contribution in [-0.2, 0) is 6.54 Å². The molecule has 0 aromatic heterocycles. The molecule has 0 heterocycles. The van der Waals surface area contributed by atoms with Crippen LogP contribution in [-0.4, -0.2) is 14.2 Å². The topological polar surface area (TPSA) is 21.3 Å². The highest BCUT2D eigenvalue weighted by molar-refractivity contribution is 5.36. The monoisotopic (exact) mass is 165 g/mol. The van der Waals surface area contributed by atoms with Gasteiger partial charge in [0.15, 0.2) is 0 Å². The Morgan fingerprint density at radius 2 is 2.17 bits per heavy atom. The van der Waals surface area contributed by atoms with Gasteiger partial charge in [-0.15, -0.1) is 0 Å². The summed E-state index contributed by atoms with van der Waals surface area (Å²) in [5, 5.41) is 3.11. The minimum absolute atomic E-state index is 0.852. The number of benzene rings is 1. The van der Waals surface area contributed by atoms with Gasteiger partial charge in [-0.05, 0) is 20.0 Å². The minimum Gasteiger partial charge on any atom is -0.496 e. The van der Waals surface area contributed by atoms with Gasteiger partial charge < -0.3 is 10.1 Å². The lowest BCUT2D eigenvalue weighted by atomic mass is 10.1. The van der Waals surface area contributed by atoms with Gasteiger partial charge in [0.25, 0.3) is 0 Å². The summed E-state index contributed by atoms with van der Waals surface area (Å²) in [5.41, 5.74) is 2.47. The summed E-state index contributed by atoms with van der Waals surface area (Å²) in [7, 11) is 3.63. The standard InChI is InChI=1S/C10H15NO/c1-8-4-5-10(12-3)9(6-8)7-11-2/h4-6,11H,7H2,1-3H3. The van der Waals surface area contributed by atoms with Crippen LogP contribution in [0.3, 0.4) is 0 Å². The van der Waals surface area contributed by atoms with Crippen LogP contribution in [0.4, 0.5) is 0 Å². The van der Waals surface area contributed by atoms with Crippen molar-refractivity contribution in [1.82, 2.24) is 5.32 Å². The van der Waals surface area contributed by atoms with Gasteiger partial charge in [0.2, 0.25) is 0 Å². The van der Waals surface area contributed by atoms with Crippen molar-refractivity contribution >= 4 is 0 Å². The van der Waals surface area contributed by atoms with E-state index in [0.29, 0.717) is 0 Å². The van der Waals surface area contributed by atoms with Gasteiger partial charge in [-0.25, -0.2) is 0 Å². The van der Waals surface area contributed by atoms with Crippen LogP contribution < -0.4 is 10.1 Å². The molecule has 0 aliphatic heterocycles. The van der Waals surface area contributed by atoms with Crippen LogP contribution in [0.1, 0.15) is 11.1 Å². The van der Waals surface area contributed by atoms with E-state index in [4.69, 9.17) is 4.74 Å². The molecule has 0 amide bonds. The fraction of sp³-hybridized carbons (Fsp3) is 0.400. The molecule has 1 rings (SSSR count). The number of nitrogens with one attached hydrogen (secondary N) is 1. The number of aryl methyl sites for hydroxylation is 1. The number of rotatable bonds is 3. The fourth-order valence-corrected chi connectivity index (χ4v) is 1.24. The van der Waals surface area contributed by atoms with Crippen molar-refractivity contribution < 1.29 is 4.74 Å². The molecule has 1 aromatic carbocycles. The third-order valence-corrected chi connectivity index (χ3v) is 1.80. The molecule has 1 aromatic rings. The van der Waals surface area contributed by atoms with Gasteiger partial charge in [-0.2, -0.15) is 0 Å². The second kappa shape index (κ2) is 4.12. The average Bonchev–Trinajstić information content (AvgIpc) is 2.05. The molecule has 0 aliphatic carbocycles. The molecule has 0 spiro atoms. The summed E-state index contributed by atoms with van der Waals surface area (Å²) < 4.78 is 5.21. The highest BCUT2D eigenvalue weighted by Crippen LogP contribution is 2.18. The van der Waals surface area contributed by atoms with E-state index in [2.05, 4.69) is 24.4 Å². The zero-order chi connectivity index (χ0) is 8.97. The van der Waals surface area contributed by atoms with Gasteiger partial charge in [0, 0.05) is 12.1 Å². The molecule has 0 aliphatic rings. The molecule has 2 heteroatoms. The SMILES string of the molecule is CNCc1cc(C)ccc1OC. The number of hydrogen-bond acceptors (Lipinski definition) is 2. The van der Waals surface area contributed by atoms with Crippen LogP contribution in [0, 0.1) is 6.92 Å². The Kier molecular flexibility index (Phi) is 3.11. The van der Waals surface area contributed by atoms with Gasteiger partial charge >= 0.3 is 0 Å². The predicted octanol–water partition coefficient (Wildman–Crippen LogP) is 1.72. The summed E-state index contributed by atoms with van der Waals surface area (Å²) in [5.74, 6) is 0.954. The zero-order valence-corrected chi connectivity index (χ0v) is 7.85. The van der Waals surface area contributed by atoms with E-state index in [1.807, 2.05) is 13.1 Å². The maximum Gasteiger partial charge on any atom is 0.123 e. The Balaban J connectivity index is 2.95. The molecule has 0 radical (unpaired) electrons. The normalized spacial score (nSPS) is 9.92. The van der Waals surface area contributed by atoms with Crippen molar-refractivity contribution in [3.63, 3.8) is 0 Å². The van der Waals surface area contributed by atoms with Gasteiger partial charge in [0.1, 0.15) is 5.75 Å². The first-order valence-corrected chi connectivity index (χ1v) is 4.06. The number of ether oxygens (including phenoxy) is 1. The maximum atomic E-state index is 5.21. The summed E-state index contributed by atoms with van der Waals surface area (Å²) in [6.45, 7) is 2.93. The van der Waals surface area contributed by atoms with Crippen LogP contribution in [0.25, 0.3) is 0 Å². The second-order valence-corrected chi connectivity index (χ2v) is 2.85. The molecular formula is C10H15NO. The summed E-state index contributed by atoms with van der Waals surface area (Å²) in [6, 6.07) is 6.19. The van der Waals surface area contributed by atoms with Crippen molar-refractivity contribution in [2.45, 2.75) is 13.5 Å². The molecule has 2 nitrogen and oxygen atoms in total. The van der Waals surface area contributed by atoms with E-state index in [1.165, 1.54) is 11.1 Å². The van der Waals surface area contributed by atoms with Crippen molar-refractivity contribution in [2.24, 2.45) is 0 Å². The van der Waals surface area contributed by atoms with Crippen molar-refractivity contribution in [3.8, 4) is 5.75 Å². The van der Waals surface area contributed by atoms with E-state index < -0.39 is 0 Å². The summed E-state index contributed by atoms with van der Waals surface area (Å²) >= 11 is 0. The van der Waals surface area contributed by atoms with Gasteiger partial charge in [-0.1, -0.05) is 17.7 Å². The largest absolute Gasteiger partial charge is 0.496 e. The fourth-order valence-electron chi connectivity index (χ4n) is 1.24. The van der Waals surface area contributed by atoms with Crippen LogP contribution >= 0.6 is 0 Å². The summed E-state index contributed by atoms with van der Waals surface area (Å²) in [6.07, 6.45) is 0. The third-order valence-electron chi connectivity index (χ3n) is 1.80. The highest BCUT2D eigenvalue weighted by Gasteiger charge is 2.00. The zero-order valence-electron chi connectivity index (χ0n) is 7.85. The Bertz CT molecular complexity index is 258. The summed E-state index contributed by atoms with van der Waals surface area (Å²) in [4.78, 5) is 0. The predicted molar refractivity (Wildman–Crippen MR) is 50.5 cm³/mol. The highest BCUT2D eigenvalue weighted by atomic mass is 16.5. The molecule has 12 heavy (non-hydrogen) atoms. The Morgan fingerprint density at radius 1 is 1.42 bits per heavy atom. The van der Waals surface area contributed by atoms with Crippen molar-refractivity contribution in [2.75, 3.05) is 14.2 Å². The molecule has 0 saturated carbocycles. The first-order chi connectivity index (χ1) is 5.77. The third kappa shape index (κ3) is 1.98. The van der Waals surface area contributed by atoms with E-state index in [0.717, 1.165) is 12.3 Å². The molecule has 0 atom stereocenters. The first-order valence-electron chi connectivity index (χ1n) is 4.06. The van der Waals surface area contributed by atoms with E-state index in [9.17, 15) is 0 Å². The molecule has 0 saturated heterocycles. The maximum absolute atomic E-state index is 5.21. The van der Waals surface area contributed by atoms with Crippen LogP contribution in [0.15, 0.2) is 18.2 Å². The quantitative estimate of drug-likeness (QED) is 0.736. The molecular weight excluding hydrogens is 150 g/mol. The lowest BCUT2D eigenvalue weighted by molar-refractivity contribution is 0.408. The lowest BCUT2D eigenvalue weighted by Crippen LogP contribution is -2.06. The Labute approximate surface area is 73.6 Å².